The van der Waals surface area contributed by atoms with Crippen molar-refractivity contribution in [2.45, 2.75) is 0 Å². The number of fused-ring (bicyclic) bond motifs is 11. The second-order valence-corrected chi connectivity index (χ2v) is 13.4. The topological polar surface area (TPSA) is 35.6 Å². The van der Waals surface area contributed by atoms with E-state index >= 15 is 0 Å². The van der Waals surface area contributed by atoms with E-state index in [9.17, 15) is 0 Å². The quantitative estimate of drug-likeness (QED) is 0.188. The molecule has 0 bridgehead atoms. The first-order valence-electron chi connectivity index (χ1n) is 17.7. The second kappa shape index (κ2) is 11.2. The van der Waals surface area contributed by atoms with Crippen molar-refractivity contribution >= 4 is 65.2 Å². The minimum atomic E-state index is 0.807. The predicted molar refractivity (Wildman–Crippen MR) is 217 cm³/mol. The van der Waals surface area contributed by atoms with Crippen molar-refractivity contribution < 1.29 is 0 Å². The number of nitrogens with zero attached hydrogens (tertiary/aromatic N) is 4. The maximum Gasteiger partial charge on any atom is 0.165 e. The molecule has 0 amide bonds. The third kappa shape index (κ3) is 4.15. The molecule has 0 aliphatic heterocycles. The van der Waals surface area contributed by atoms with Crippen LogP contribution >= 0.6 is 0 Å². The molecule has 0 spiro atoms. The van der Waals surface area contributed by atoms with Gasteiger partial charge in [0.15, 0.2) is 5.82 Å². The van der Waals surface area contributed by atoms with Crippen LogP contribution in [0.2, 0.25) is 0 Å². The van der Waals surface area contributed by atoms with Crippen molar-refractivity contribution in [3.8, 4) is 34.0 Å². The number of aromatic nitrogens is 4. The Labute approximate surface area is 299 Å². The van der Waals surface area contributed by atoms with Gasteiger partial charge in [-0.05, 0) is 35.0 Å². The summed E-state index contributed by atoms with van der Waals surface area (Å²) in [5.74, 6) is 0.807. The first-order chi connectivity index (χ1) is 25.8. The summed E-state index contributed by atoms with van der Waals surface area (Å²) in [4.78, 5) is 10.7. The average Bonchev–Trinajstić information content (AvgIpc) is 3.75. The molecule has 4 nitrogen and oxygen atoms in total. The zero-order valence-electron chi connectivity index (χ0n) is 28.1. The second-order valence-electron chi connectivity index (χ2n) is 13.4. The molecule has 3 aromatic heterocycles. The highest BCUT2D eigenvalue weighted by atomic mass is 15.1. The van der Waals surface area contributed by atoms with Gasteiger partial charge in [0.05, 0.1) is 34.0 Å². The summed E-state index contributed by atoms with van der Waals surface area (Å²) in [6.45, 7) is 0. The van der Waals surface area contributed by atoms with Crippen molar-refractivity contribution in [3.05, 3.63) is 182 Å². The third-order valence-corrected chi connectivity index (χ3v) is 10.5. The molecular weight excluding hydrogens is 633 g/mol. The Morgan fingerprint density at radius 1 is 0.404 bits per heavy atom. The fourth-order valence-corrected chi connectivity index (χ4v) is 8.28. The van der Waals surface area contributed by atoms with Crippen LogP contribution in [0.15, 0.2) is 182 Å². The Kier molecular flexibility index (Phi) is 6.22. The van der Waals surface area contributed by atoms with Crippen molar-refractivity contribution in [3.63, 3.8) is 0 Å². The summed E-state index contributed by atoms with van der Waals surface area (Å²) in [6.07, 6.45) is 1.91. The highest BCUT2D eigenvalue weighted by molar-refractivity contribution is 6.37. The molecule has 0 saturated heterocycles. The molecule has 11 rings (SSSR count). The van der Waals surface area contributed by atoms with Crippen molar-refractivity contribution in [1.29, 1.82) is 0 Å². The third-order valence-electron chi connectivity index (χ3n) is 10.5. The Morgan fingerprint density at radius 3 is 1.60 bits per heavy atom. The van der Waals surface area contributed by atoms with Crippen LogP contribution < -0.4 is 0 Å². The van der Waals surface area contributed by atoms with Gasteiger partial charge in [-0.15, -0.1) is 0 Å². The lowest BCUT2D eigenvalue weighted by molar-refractivity contribution is 1.05. The van der Waals surface area contributed by atoms with Gasteiger partial charge in [-0.1, -0.05) is 152 Å². The highest BCUT2D eigenvalue weighted by Gasteiger charge is 2.26. The van der Waals surface area contributed by atoms with Crippen LogP contribution in [0.3, 0.4) is 0 Å². The Balaban J connectivity index is 1.35. The van der Waals surface area contributed by atoms with Gasteiger partial charge in [0.1, 0.15) is 5.69 Å². The van der Waals surface area contributed by atoms with E-state index in [1.165, 1.54) is 48.7 Å². The lowest BCUT2D eigenvalue weighted by Gasteiger charge is -2.16. The molecule has 0 aliphatic rings. The largest absolute Gasteiger partial charge is 0.309 e. The summed E-state index contributed by atoms with van der Waals surface area (Å²) in [5, 5.41) is 9.65. The van der Waals surface area contributed by atoms with Crippen LogP contribution in [0, 0.1) is 0 Å². The molecule has 11 aromatic rings. The van der Waals surface area contributed by atoms with Gasteiger partial charge >= 0.3 is 0 Å². The van der Waals surface area contributed by atoms with Crippen molar-refractivity contribution in [2.24, 2.45) is 0 Å². The van der Waals surface area contributed by atoms with E-state index in [1.54, 1.807) is 0 Å². The molecule has 0 saturated carbocycles. The number of hydrogen-bond donors (Lipinski definition) is 0. The van der Waals surface area contributed by atoms with Crippen LogP contribution in [0.4, 0.5) is 0 Å². The molecule has 4 heteroatoms. The Hall–Kier alpha value is -7.04. The molecular formula is C48H30N4. The van der Waals surface area contributed by atoms with Gasteiger partial charge < -0.3 is 4.57 Å². The summed E-state index contributed by atoms with van der Waals surface area (Å²) in [7, 11) is 0. The normalized spacial score (nSPS) is 11.8. The van der Waals surface area contributed by atoms with E-state index in [0.29, 0.717) is 0 Å². The van der Waals surface area contributed by atoms with Crippen LogP contribution in [0.1, 0.15) is 0 Å². The van der Waals surface area contributed by atoms with Crippen LogP contribution in [0.25, 0.3) is 99.2 Å². The van der Waals surface area contributed by atoms with E-state index in [-0.39, 0.29) is 0 Å². The van der Waals surface area contributed by atoms with Gasteiger partial charge in [-0.3, -0.25) is 9.55 Å². The summed E-state index contributed by atoms with van der Waals surface area (Å²) in [5.41, 5.74) is 9.47. The first-order valence-corrected chi connectivity index (χ1v) is 17.7. The number of para-hydroxylation sites is 2. The first kappa shape index (κ1) is 28.8. The van der Waals surface area contributed by atoms with Crippen molar-refractivity contribution in [1.82, 2.24) is 19.1 Å². The number of benzene rings is 8. The van der Waals surface area contributed by atoms with Crippen LogP contribution in [-0.4, -0.2) is 19.1 Å². The maximum absolute atomic E-state index is 5.49. The zero-order valence-corrected chi connectivity index (χ0v) is 28.1. The molecule has 242 valence electrons. The minimum absolute atomic E-state index is 0.807. The SMILES string of the molecule is c1ccc(-c2cnc(-c3ccccc3)c(-n3c4ccccc4c4c5c6ccccc6n(-c6ccc7ccccc7c6)c5c5ccccc5c43)n2)cc1. The van der Waals surface area contributed by atoms with E-state index < -0.39 is 0 Å². The standard InChI is InChI=1S/C48H30N4/c1-3-16-32(17-4-1)40-30-49-45(33-18-5-2-6-19-33)48(50-40)52-42-26-14-12-24-39(42)44-43-38-23-11-13-25-41(38)51(35-28-27-31-15-7-8-20-34(31)29-35)46(43)36-21-9-10-22-37(36)47(44)52/h1-30H. The van der Waals surface area contributed by atoms with Gasteiger partial charge in [-0.25, -0.2) is 4.98 Å². The zero-order chi connectivity index (χ0) is 34.2. The van der Waals surface area contributed by atoms with Gasteiger partial charge in [0.25, 0.3) is 0 Å². The maximum atomic E-state index is 5.49. The monoisotopic (exact) mass is 662 g/mol. The summed E-state index contributed by atoms with van der Waals surface area (Å²) < 4.78 is 4.84. The molecule has 3 heterocycles. The van der Waals surface area contributed by atoms with E-state index in [4.69, 9.17) is 9.97 Å². The van der Waals surface area contributed by atoms with Gasteiger partial charge in [-0.2, -0.15) is 0 Å². The van der Waals surface area contributed by atoms with Crippen LogP contribution in [0.5, 0.6) is 0 Å². The molecule has 0 unspecified atom stereocenters. The molecule has 8 aromatic carbocycles. The van der Waals surface area contributed by atoms with Crippen LogP contribution in [-0.2, 0) is 0 Å². The fourth-order valence-electron chi connectivity index (χ4n) is 8.28. The molecule has 0 fully saturated rings. The van der Waals surface area contributed by atoms with E-state index in [2.05, 4.69) is 173 Å². The van der Waals surface area contributed by atoms with Gasteiger partial charge in [0, 0.05) is 49.1 Å². The predicted octanol–water partition coefficient (Wildman–Crippen LogP) is 12.3. The minimum Gasteiger partial charge on any atom is -0.309 e. The lowest BCUT2D eigenvalue weighted by atomic mass is 9.99. The van der Waals surface area contributed by atoms with E-state index in [0.717, 1.165) is 50.4 Å². The molecule has 0 atom stereocenters. The fraction of sp³-hybridized carbons (Fsp3) is 0. The average molecular weight is 663 g/mol. The smallest absolute Gasteiger partial charge is 0.165 e. The molecule has 52 heavy (non-hydrogen) atoms. The Bertz CT molecular complexity index is 3170. The number of hydrogen-bond acceptors (Lipinski definition) is 2. The number of rotatable bonds is 4. The Morgan fingerprint density at radius 2 is 0.923 bits per heavy atom. The van der Waals surface area contributed by atoms with Crippen molar-refractivity contribution in [2.75, 3.05) is 0 Å². The molecule has 0 N–H and O–H groups in total. The summed E-state index contributed by atoms with van der Waals surface area (Å²) >= 11 is 0. The van der Waals surface area contributed by atoms with E-state index in [1.807, 2.05) is 18.3 Å². The molecule has 0 aliphatic carbocycles. The molecule has 0 radical (unpaired) electrons. The van der Waals surface area contributed by atoms with Gasteiger partial charge in [0.2, 0.25) is 0 Å². The highest BCUT2D eigenvalue weighted by Crippen LogP contribution is 2.47. The lowest BCUT2D eigenvalue weighted by Crippen LogP contribution is -2.04. The summed E-state index contributed by atoms with van der Waals surface area (Å²) in [6, 6.07) is 62.7.